The van der Waals surface area contributed by atoms with Gasteiger partial charge in [-0.25, -0.2) is 9.78 Å². The Labute approximate surface area is 129 Å². The van der Waals surface area contributed by atoms with Crippen molar-refractivity contribution < 1.29 is 0 Å². The summed E-state index contributed by atoms with van der Waals surface area (Å²) >= 11 is 0. The number of hydrogen-bond acceptors (Lipinski definition) is 4. The second-order valence-corrected chi connectivity index (χ2v) is 6.14. The molecule has 0 spiro atoms. The summed E-state index contributed by atoms with van der Waals surface area (Å²) in [5, 5.41) is 0. The number of rotatable bonds is 5. The molecule has 0 aliphatic rings. The van der Waals surface area contributed by atoms with Gasteiger partial charge in [0.1, 0.15) is 5.82 Å². The fraction of sp³-hybridized carbons (Fsp3) is 0.667. The number of hydrogen-bond donors (Lipinski definition) is 1. The standard InChI is InChI=1S/C15H25N5O2/c1-6-19-14(21)12-13(18(5)15(19)22)17-11(7-9(2)3)20(12)10(4)8-16/h9-10H,6-8,16H2,1-5H3. The minimum Gasteiger partial charge on any atom is -0.328 e. The van der Waals surface area contributed by atoms with Gasteiger partial charge in [0.25, 0.3) is 5.56 Å². The Morgan fingerprint density at radius 2 is 1.86 bits per heavy atom. The number of nitrogens with zero attached hydrogens (tertiary/aromatic N) is 4. The minimum atomic E-state index is -0.332. The van der Waals surface area contributed by atoms with Gasteiger partial charge in [0.2, 0.25) is 0 Å². The maximum Gasteiger partial charge on any atom is 0.332 e. The van der Waals surface area contributed by atoms with E-state index in [-0.39, 0.29) is 17.3 Å². The van der Waals surface area contributed by atoms with Gasteiger partial charge in [-0.05, 0) is 19.8 Å². The van der Waals surface area contributed by atoms with Crippen LogP contribution in [0.5, 0.6) is 0 Å². The maximum absolute atomic E-state index is 12.7. The molecule has 122 valence electrons. The Balaban J connectivity index is 2.95. The van der Waals surface area contributed by atoms with Gasteiger partial charge in [-0.15, -0.1) is 0 Å². The van der Waals surface area contributed by atoms with Crippen LogP contribution < -0.4 is 17.0 Å². The summed E-state index contributed by atoms with van der Waals surface area (Å²) in [6, 6.07) is -0.0470. The van der Waals surface area contributed by atoms with Gasteiger partial charge >= 0.3 is 5.69 Å². The summed E-state index contributed by atoms with van der Waals surface area (Å²) < 4.78 is 4.59. The molecule has 0 aliphatic carbocycles. The molecule has 22 heavy (non-hydrogen) atoms. The van der Waals surface area contributed by atoms with Crippen LogP contribution in [-0.4, -0.2) is 25.2 Å². The zero-order valence-electron chi connectivity index (χ0n) is 14.0. The highest BCUT2D eigenvalue weighted by Gasteiger charge is 2.22. The van der Waals surface area contributed by atoms with Crippen molar-refractivity contribution in [3.63, 3.8) is 0 Å². The monoisotopic (exact) mass is 307 g/mol. The highest BCUT2D eigenvalue weighted by molar-refractivity contribution is 5.71. The van der Waals surface area contributed by atoms with Crippen molar-refractivity contribution in [2.24, 2.45) is 18.7 Å². The van der Waals surface area contributed by atoms with E-state index in [1.165, 1.54) is 9.13 Å². The third-order valence-corrected chi connectivity index (χ3v) is 3.94. The van der Waals surface area contributed by atoms with Gasteiger partial charge in [0, 0.05) is 32.6 Å². The summed E-state index contributed by atoms with van der Waals surface area (Å²) in [6.07, 6.45) is 0.735. The zero-order valence-corrected chi connectivity index (χ0v) is 14.0. The van der Waals surface area contributed by atoms with Gasteiger partial charge in [-0.1, -0.05) is 13.8 Å². The lowest BCUT2D eigenvalue weighted by Gasteiger charge is -2.16. The number of aromatic nitrogens is 4. The Morgan fingerprint density at radius 1 is 1.23 bits per heavy atom. The molecule has 2 aromatic heterocycles. The molecular weight excluding hydrogens is 282 g/mol. The van der Waals surface area contributed by atoms with Gasteiger partial charge in [-0.3, -0.25) is 13.9 Å². The summed E-state index contributed by atoms with van der Waals surface area (Å²) in [5.74, 6) is 1.20. The molecule has 0 saturated carbocycles. The largest absolute Gasteiger partial charge is 0.332 e. The van der Waals surface area contributed by atoms with Crippen molar-refractivity contribution >= 4 is 11.2 Å². The van der Waals surface area contributed by atoms with Crippen LogP contribution in [-0.2, 0) is 20.0 Å². The van der Waals surface area contributed by atoms with Crippen LogP contribution in [0.15, 0.2) is 9.59 Å². The van der Waals surface area contributed by atoms with E-state index in [9.17, 15) is 9.59 Å². The number of aryl methyl sites for hydroxylation is 1. The molecule has 0 aromatic carbocycles. The minimum absolute atomic E-state index is 0.0470. The van der Waals surface area contributed by atoms with Crippen LogP contribution in [0.1, 0.15) is 39.6 Å². The van der Waals surface area contributed by atoms with Crippen molar-refractivity contribution in [1.82, 2.24) is 18.7 Å². The van der Waals surface area contributed by atoms with E-state index < -0.39 is 0 Å². The Kier molecular flexibility index (Phi) is 4.55. The van der Waals surface area contributed by atoms with Crippen LogP contribution in [0, 0.1) is 5.92 Å². The quantitative estimate of drug-likeness (QED) is 0.878. The van der Waals surface area contributed by atoms with Crippen molar-refractivity contribution in [1.29, 1.82) is 0 Å². The summed E-state index contributed by atoms with van der Waals surface area (Å²) in [6.45, 7) is 8.69. The highest BCUT2D eigenvalue weighted by Crippen LogP contribution is 2.19. The Hall–Kier alpha value is -1.89. The Bertz CT molecular complexity index is 797. The van der Waals surface area contributed by atoms with Crippen LogP contribution in [0.25, 0.3) is 11.2 Å². The van der Waals surface area contributed by atoms with E-state index in [0.29, 0.717) is 30.2 Å². The molecule has 0 fully saturated rings. The fourth-order valence-corrected chi connectivity index (χ4v) is 2.75. The molecule has 2 heterocycles. The van der Waals surface area contributed by atoms with E-state index in [1.54, 1.807) is 14.0 Å². The third-order valence-electron chi connectivity index (χ3n) is 3.94. The fourth-order valence-electron chi connectivity index (χ4n) is 2.75. The molecule has 2 rings (SSSR count). The van der Waals surface area contributed by atoms with E-state index in [0.717, 1.165) is 12.2 Å². The molecule has 0 radical (unpaired) electrons. The maximum atomic E-state index is 12.7. The molecule has 2 aromatic rings. The molecule has 1 atom stereocenters. The van der Waals surface area contributed by atoms with Crippen LogP contribution in [0.4, 0.5) is 0 Å². The van der Waals surface area contributed by atoms with Crippen molar-refractivity contribution in [3.8, 4) is 0 Å². The van der Waals surface area contributed by atoms with E-state index in [1.807, 2.05) is 11.5 Å². The van der Waals surface area contributed by atoms with Crippen molar-refractivity contribution in [2.45, 2.75) is 46.7 Å². The zero-order chi connectivity index (χ0) is 16.6. The SMILES string of the molecule is CCn1c(=O)c2c(nc(CC(C)C)n2C(C)CN)n(C)c1=O. The first kappa shape index (κ1) is 16.5. The summed E-state index contributed by atoms with van der Waals surface area (Å²) in [4.78, 5) is 29.6. The number of nitrogens with two attached hydrogens (primary N) is 1. The molecule has 0 aliphatic heterocycles. The van der Waals surface area contributed by atoms with Crippen LogP contribution >= 0.6 is 0 Å². The topological polar surface area (TPSA) is 87.8 Å². The molecule has 0 amide bonds. The van der Waals surface area contributed by atoms with Crippen molar-refractivity contribution in [3.05, 3.63) is 26.7 Å². The molecule has 2 N–H and O–H groups in total. The third kappa shape index (κ3) is 2.49. The second kappa shape index (κ2) is 6.08. The van der Waals surface area contributed by atoms with E-state index in [4.69, 9.17) is 5.73 Å². The number of fused-ring (bicyclic) bond motifs is 1. The first-order valence-corrected chi connectivity index (χ1v) is 7.74. The van der Waals surface area contributed by atoms with Crippen molar-refractivity contribution in [2.75, 3.05) is 6.54 Å². The van der Waals surface area contributed by atoms with E-state index >= 15 is 0 Å². The first-order chi connectivity index (χ1) is 10.3. The second-order valence-electron chi connectivity index (χ2n) is 6.14. The lowest BCUT2D eigenvalue weighted by atomic mass is 10.1. The summed E-state index contributed by atoms with van der Waals surface area (Å²) in [5.41, 5.74) is 6.11. The molecule has 0 saturated heterocycles. The molecule has 1 unspecified atom stereocenters. The summed E-state index contributed by atoms with van der Waals surface area (Å²) in [7, 11) is 1.65. The van der Waals surface area contributed by atoms with Crippen LogP contribution in [0.2, 0.25) is 0 Å². The average Bonchev–Trinajstić information content (AvgIpc) is 2.83. The lowest BCUT2D eigenvalue weighted by Crippen LogP contribution is -2.39. The van der Waals surface area contributed by atoms with Gasteiger partial charge < -0.3 is 10.3 Å². The van der Waals surface area contributed by atoms with Gasteiger partial charge in [0.05, 0.1) is 0 Å². The lowest BCUT2D eigenvalue weighted by molar-refractivity contribution is 0.515. The van der Waals surface area contributed by atoms with E-state index in [2.05, 4.69) is 18.8 Å². The molecule has 0 bridgehead atoms. The van der Waals surface area contributed by atoms with Gasteiger partial charge in [-0.2, -0.15) is 0 Å². The Morgan fingerprint density at radius 3 is 2.36 bits per heavy atom. The predicted molar refractivity (Wildman–Crippen MR) is 87.2 cm³/mol. The molecule has 7 nitrogen and oxygen atoms in total. The average molecular weight is 307 g/mol. The molecular formula is C15H25N5O2. The first-order valence-electron chi connectivity index (χ1n) is 7.74. The smallest absolute Gasteiger partial charge is 0.328 e. The van der Waals surface area contributed by atoms with Crippen LogP contribution in [0.3, 0.4) is 0 Å². The molecule has 7 heteroatoms. The normalized spacial score (nSPS) is 13.2. The highest BCUT2D eigenvalue weighted by atomic mass is 16.2. The predicted octanol–water partition coefficient (Wildman–Crippen LogP) is 0.635. The van der Waals surface area contributed by atoms with Gasteiger partial charge in [0.15, 0.2) is 11.2 Å². The number of imidazole rings is 1.